The van der Waals surface area contributed by atoms with Crippen molar-refractivity contribution in [2.45, 2.75) is 43.3 Å². The van der Waals surface area contributed by atoms with E-state index >= 15 is 0 Å². The third-order valence-corrected chi connectivity index (χ3v) is 6.80. The number of carbonyl (C=O) groups is 2. The quantitative estimate of drug-likeness (QED) is 0.577. The molecular weight excluding hydrogens is 431 g/mol. The third-order valence-electron chi connectivity index (χ3n) is 6.80. The smallest absolute Gasteiger partial charge is 0.349 e. The van der Waals surface area contributed by atoms with Gasteiger partial charge in [-0.2, -0.15) is 13.2 Å². The molecule has 2 aliphatic carbocycles. The number of alkyl halides is 3. The highest BCUT2D eigenvalue weighted by Crippen LogP contribution is 2.44. The molecule has 2 aromatic carbocycles. The average Bonchev–Trinajstić information content (AvgIpc) is 3.69. The van der Waals surface area contributed by atoms with Gasteiger partial charge in [0.05, 0.1) is 5.56 Å². The van der Waals surface area contributed by atoms with Gasteiger partial charge in [0.2, 0.25) is 0 Å². The fourth-order valence-corrected chi connectivity index (χ4v) is 4.60. The minimum absolute atomic E-state index is 0.106. The summed E-state index contributed by atoms with van der Waals surface area (Å²) in [5, 5.41) is 8.35. The Morgan fingerprint density at radius 2 is 1.79 bits per heavy atom. The van der Waals surface area contributed by atoms with Crippen LogP contribution in [0.25, 0.3) is 11.1 Å². The number of halogens is 3. The highest BCUT2D eigenvalue weighted by molar-refractivity contribution is 6.01. The summed E-state index contributed by atoms with van der Waals surface area (Å²) in [6, 6.07) is 10.2. The Bertz CT molecular complexity index is 1130. The standard InChI is InChI=1S/C25H24F3N3O2/c1-14-24(18-8-9-18,31-23(33)30-14)13-29-22(32)20-11-10-19(25(26,27)28)12-21(20)17-6-4-16(5-7-17)15-2-3-15/h4-7,10-12,15,18H,1-3,8-9,13H2,(H,29,32)(H2,30,31,33)/t24-/m1/s1. The fraction of sp³-hybridized carbons (Fsp3) is 0.360. The molecule has 8 heteroatoms. The lowest BCUT2D eigenvalue weighted by atomic mass is 9.90. The van der Waals surface area contributed by atoms with Crippen LogP contribution in [0, 0.1) is 5.92 Å². The first-order valence-electron chi connectivity index (χ1n) is 11.1. The van der Waals surface area contributed by atoms with E-state index in [4.69, 9.17) is 0 Å². The number of urea groups is 1. The molecule has 1 aliphatic heterocycles. The summed E-state index contributed by atoms with van der Waals surface area (Å²) in [5.74, 6) is 0.176. The van der Waals surface area contributed by atoms with Gasteiger partial charge in [0.25, 0.3) is 5.91 Å². The van der Waals surface area contributed by atoms with Crippen molar-refractivity contribution in [3.05, 3.63) is 71.4 Å². The molecule has 1 heterocycles. The second-order valence-corrected chi connectivity index (χ2v) is 9.14. The summed E-state index contributed by atoms with van der Waals surface area (Å²) in [5.41, 5.74) is 0.978. The van der Waals surface area contributed by atoms with Crippen LogP contribution in [0.2, 0.25) is 0 Å². The van der Waals surface area contributed by atoms with Crippen molar-refractivity contribution in [1.29, 1.82) is 0 Å². The molecule has 3 aliphatic rings. The molecular formula is C25H24F3N3O2. The van der Waals surface area contributed by atoms with E-state index in [2.05, 4.69) is 22.5 Å². The van der Waals surface area contributed by atoms with Gasteiger partial charge < -0.3 is 16.0 Å². The lowest BCUT2D eigenvalue weighted by molar-refractivity contribution is -0.137. The number of benzene rings is 2. The first-order chi connectivity index (χ1) is 15.7. The molecule has 0 unspecified atom stereocenters. The number of hydrogen-bond donors (Lipinski definition) is 3. The van der Waals surface area contributed by atoms with Crippen LogP contribution in [0.1, 0.15) is 53.1 Å². The van der Waals surface area contributed by atoms with Gasteiger partial charge >= 0.3 is 12.2 Å². The number of carbonyl (C=O) groups excluding carboxylic acids is 2. The van der Waals surface area contributed by atoms with E-state index in [-0.39, 0.29) is 29.6 Å². The maximum Gasteiger partial charge on any atom is 0.416 e. The topological polar surface area (TPSA) is 70.2 Å². The molecule has 3 N–H and O–H groups in total. The van der Waals surface area contributed by atoms with E-state index in [1.165, 1.54) is 6.07 Å². The third kappa shape index (κ3) is 4.10. The first kappa shape index (κ1) is 21.6. The Balaban J connectivity index is 1.44. The normalized spacial score (nSPS) is 22.6. The van der Waals surface area contributed by atoms with Gasteiger partial charge in [-0.05, 0) is 72.4 Å². The molecule has 0 bridgehead atoms. The van der Waals surface area contributed by atoms with Gasteiger partial charge in [0.15, 0.2) is 0 Å². The SMILES string of the molecule is C=C1NC(=O)N[C@@]1(CNC(=O)c1ccc(C(F)(F)F)cc1-c1ccc(C2CC2)cc1)C1CC1. The van der Waals surface area contributed by atoms with Gasteiger partial charge in [-0.15, -0.1) is 0 Å². The van der Waals surface area contributed by atoms with Crippen molar-refractivity contribution in [2.75, 3.05) is 6.54 Å². The minimum atomic E-state index is -4.52. The van der Waals surface area contributed by atoms with E-state index in [1.54, 1.807) is 12.1 Å². The summed E-state index contributed by atoms with van der Waals surface area (Å²) < 4.78 is 40.2. The molecule has 5 nitrogen and oxygen atoms in total. The summed E-state index contributed by atoms with van der Waals surface area (Å²) >= 11 is 0. The van der Waals surface area contributed by atoms with Crippen LogP contribution in [0.3, 0.4) is 0 Å². The molecule has 172 valence electrons. The van der Waals surface area contributed by atoms with Crippen molar-refractivity contribution >= 4 is 11.9 Å². The summed E-state index contributed by atoms with van der Waals surface area (Å²) in [4.78, 5) is 25.0. The van der Waals surface area contributed by atoms with E-state index in [0.717, 1.165) is 43.4 Å². The molecule has 0 radical (unpaired) electrons. The van der Waals surface area contributed by atoms with Crippen LogP contribution >= 0.6 is 0 Å². The van der Waals surface area contributed by atoms with Gasteiger partial charge in [-0.3, -0.25) is 4.79 Å². The number of rotatable bonds is 6. The Kier molecular flexibility index (Phi) is 4.99. The molecule has 2 saturated carbocycles. The highest BCUT2D eigenvalue weighted by atomic mass is 19.4. The van der Waals surface area contributed by atoms with Crippen LogP contribution < -0.4 is 16.0 Å². The molecule has 5 rings (SSSR count). The Labute approximate surface area is 189 Å². The molecule has 1 saturated heterocycles. The zero-order valence-corrected chi connectivity index (χ0v) is 17.9. The van der Waals surface area contributed by atoms with Crippen molar-refractivity contribution in [2.24, 2.45) is 5.92 Å². The zero-order chi connectivity index (χ0) is 23.4. The molecule has 3 amide bonds. The van der Waals surface area contributed by atoms with Crippen LogP contribution in [-0.4, -0.2) is 24.0 Å². The van der Waals surface area contributed by atoms with Gasteiger partial charge in [0, 0.05) is 17.8 Å². The van der Waals surface area contributed by atoms with Gasteiger partial charge in [-0.25, -0.2) is 4.79 Å². The lowest BCUT2D eigenvalue weighted by Gasteiger charge is -2.29. The predicted octanol–water partition coefficient (Wildman–Crippen LogP) is 4.95. The lowest BCUT2D eigenvalue weighted by Crippen LogP contribution is -2.53. The monoisotopic (exact) mass is 455 g/mol. The summed E-state index contributed by atoms with van der Waals surface area (Å²) in [6.45, 7) is 4.04. The van der Waals surface area contributed by atoms with E-state index < -0.39 is 23.2 Å². The van der Waals surface area contributed by atoms with E-state index in [9.17, 15) is 22.8 Å². The predicted molar refractivity (Wildman–Crippen MR) is 117 cm³/mol. The minimum Gasteiger partial charge on any atom is -0.349 e. The molecule has 3 fully saturated rings. The Morgan fingerprint density at radius 3 is 2.33 bits per heavy atom. The van der Waals surface area contributed by atoms with Crippen LogP contribution in [0.15, 0.2) is 54.7 Å². The van der Waals surface area contributed by atoms with Crippen molar-refractivity contribution in [1.82, 2.24) is 16.0 Å². The Hall–Kier alpha value is -3.29. The summed E-state index contributed by atoms with van der Waals surface area (Å²) in [7, 11) is 0. The zero-order valence-electron chi connectivity index (χ0n) is 17.9. The number of nitrogens with one attached hydrogen (secondary N) is 3. The van der Waals surface area contributed by atoms with Gasteiger partial charge in [-0.1, -0.05) is 30.8 Å². The maximum absolute atomic E-state index is 13.4. The second-order valence-electron chi connectivity index (χ2n) is 9.14. The largest absolute Gasteiger partial charge is 0.416 e. The van der Waals surface area contributed by atoms with Crippen molar-refractivity contribution < 1.29 is 22.8 Å². The average molecular weight is 455 g/mol. The van der Waals surface area contributed by atoms with Gasteiger partial charge in [0.1, 0.15) is 5.54 Å². The summed E-state index contributed by atoms with van der Waals surface area (Å²) in [6.07, 6.45) is -0.483. The molecule has 1 atom stereocenters. The van der Waals surface area contributed by atoms with Crippen molar-refractivity contribution in [3.63, 3.8) is 0 Å². The van der Waals surface area contributed by atoms with Crippen LogP contribution in [0.4, 0.5) is 18.0 Å². The highest BCUT2D eigenvalue weighted by Gasteiger charge is 2.52. The second kappa shape index (κ2) is 7.64. The fourth-order valence-electron chi connectivity index (χ4n) is 4.60. The molecule has 2 aromatic rings. The first-order valence-corrected chi connectivity index (χ1v) is 11.1. The maximum atomic E-state index is 13.4. The van der Waals surface area contributed by atoms with Crippen molar-refractivity contribution in [3.8, 4) is 11.1 Å². The molecule has 0 spiro atoms. The number of hydrogen-bond acceptors (Lipinski definition) is 2. The molecule has 33 heavy (non-hydrogen) atoms. The van der Waals surface area contributed by atoms with Crippen LogP contribution in [-0.2, 0) is 6.18 Å². The van der Waals surface area contributed by atoms with E-state index in [1.807, 2.05) is 12.1 Å². The number of amides is 3. The molecule has 0 aromatic heterocycles. The van der Waals surface area contributed by atoms with E-state index in [0.29, 0.717) is 17.2 Å². The van der Waals surface area contributed by atoms with Crippen LogP contribution in [0.5, 0.6) is 0 Å². The Morgan fingerprint density at radius 1 is 1.09 bits per heavy atom.